The van der Waals surface area contributed by atoms with Gasteiger partial charge in [-0.3, -0.25) is 4.79 Å². The number of nitrogens with one attached hydrogen (secondary N) is 1. The molecule has 4 N–H and O–H groups in total. The zero-order chi connectivity index (χ0) is 17.1. The van der Waals surface area contributed by atoms with Crippen molar-refractivity contribution in [2.75, 3.05) is 25.4 Å². The molecule has 124 valence electrons. The van der Waals surface area contributed by atoms with Crippen molar-refractivity contribution in [1.29, 1.82) is 0 Å². The number of hydroxylamine groups is 2. The first-order chi connectivity index (χ1) is 11.6. The van der Waals surface area contributed by atoms with Crippen molar-refractivity contribution in [1.82, 2.24) is 15.4 Å². The number of nitrogen functional groups attached to an aromatic ring is 1. The highest BCUT2D eigenvalue weighted by atomic mass is 16.5. The average molecular weight is 324 g/mol. The van der Waals surface area contributed by atoms with Gasteiger partial charge in [0.1, 0.15) is 0 Å². The Labute approximate surface area is 139 Å². The number of benzene rings is 2. The van der Waals surface area contributed by atoms with E-state index in [0.29, 0.717) is 36.4 Å². The van der Waals surface area contributed by atoms with Crippen LogP contribution >= 0.6 is 0 Å². The lowest BCUT2D eigenvalue weighted by Crippen LogP contribution is -2.33. The van der Waals surface area contributed by atoms with Crippen molar-refractivity contribution in [3.8, 4) is 0 Å². The van der Waals surface area contributed by atoms with Crippen LogP contribution in [0, 0.1) is 0 Å². The van der Waals surface area contributed by atoms with Crippen molar-refractivity contribution >= 4 is 33.4 Å². The van der Waals surface area contributed by atoms with Crippen LogP contribution in [0.5, 0.6) is 0 Å². The summed E-state index contributed by atoms with van der Waals surface area (Å²) in [6.45, 7) is 3.06. The van der Waals surface area contributed by atoms with E-state index >= 15 is 0 Å². The summed E-state index contributed by atoms with van der Waals surface area (Å²) >= 11 is 0. The number of nitrogens with two attached hydrogens (primary N) is 1. The van der Waals surface area contributed by atoms with E-state index < -0.39 is 0 Å². The molecule has 0 atom stereocenters. The van der Waals surface area contributed by atoms with Crippen LogP contribution in [0.2, 0.25) is 0 Å². The molecule has 3 rings (SSSR count). The number of hydrogen-bond donors (Lipinski definition) is 3. The van der Waals surface area contributed by atoms with Crippen LogP contribution in [0.15, 0.2) is 42.5 Å². The third-order valence-electron chi connectivity index (χ3n) is 4.02. The highest BCUT2D eigenvalue weighted by Gasteiger charge is 2.14. The molecular weight excluding hydrogens is 304 g/mol. The summed E-state index contributed by atoms with van der Waals surface area (Å²) in [6.07, 6.45) is 0. The van der Waals surface area contributed by atoms with Gasteiger partial charge in [-0.1, -0.05) is 37.3 Å². The third-order valence-corrected chi connectivity index (χ3v) is 4.02. The fraction of sp³-hybridized carbons (Fsp3) is 0.222. The number of amides is 1. The summed E-state index contributed by atoms with van der Waals surface area (Å²) in [7, 11) is 0. The molecule has 3 aromatic rings. The largest absolute Gasteiger partial charge is 0.398 e. The lowest BCUT2D eigenvalue weighted by Gasteiger charge is -2.13. The number of nitrogens with zero attached hydrogens (tertiary/aromatic N) is 2. The Hall–Kier alpha value is -2.70. The summed E-state index contributed by atoms with van der Waals surface area (Å²) in [5, 5.41) is 15.0. The minimum Gasteiger partial charge on any atom is -0.398 e. The number of hydrogen-bond acceptors (Lipinski definition) is 5. The Morgan fingerprint density at radius 2 is 1.96 bits per heavy atom. The van der Waals surface area contributed by atoms with Gasteiger partial charge in [-0.2, -0.15) is 5.06 Å². The van der Waals surface area contributed by atoms with Gasteiger partial charge in [0.15, 0.2) is 0 Å². The molecule has 0 bridgehead atoms. The molecule has 0 radical (unpaired) electrons. The highest BCUT2D eigenvalue weighted by molar-refractivity contribution is 6.13. The van der Waals surface area contributed by atoms with Gasteiger partial charge in [-0.05, 0) is 12.1 Å². The molecule has 0 aliphatic heterocycles. The molecule has 24 heavy (non-hydrogen) atoms. The summed E-state index contributed by atoms with van der Waals surface area (Å²) in [5.74, 6) is -0.229. The van der Waals surface area contributed by atoms with Gasteiger partial charge in [-0.25, -0.2) is 4.98 Å². The number of para-hydroxylation sites is 2. The van der Waals surface area contributed by atoms with Crippen molar-refractivity contribution in [2.24, 2.45) is 0 Å². The number of anilines is 1. The van der Waals surface area contributed by atoms with Crippen LogP contribution in [0.1, 0.15) is 17.3 Å². The molecule has 0 unspecified atom stereocenters. The van der Waals surface area contributed by atoms with Crippen LogP contribution in [-0.2, 0) is 0 Å². The van der Waals surface area contributed by atoms with Crippen molar-refractivity contribution < 1.29 is 10.0 Å². The second-order valence-electron chi connectivity index (χ2n) is 5.55. The molecular formula is C18H20N4O2. The SMILES string of the molecule is CCN(O)CCNC(=O)c1cccc2c(N)c3ccccc3nc12. The Bertz CT molecular complexity index is 895. The lowest BCUT2D eigenvalue weighted by atomic mass is 10.0. The van der Waals surface area contributed by atoms with Crippen LogP contribution in [0.25, 0.3) is 21.8 Å². The molecule has 1 aromatic heterocycles. The maximum absolute atomic E-state index is 12.5. The highest BCUT2D eigenvalue weighted by Crippen LogP contribution is 2.29. The molecule has 6 heteroatoms. The van der Waals surface area contributed by atoms with Crippen LogP contribution < -0.4 is 11.1 Å². The fourth-order valence-corrected chi connectivity index (χ4v) is 2.68. The summed E-state index contributed by atoms with van der Waals surface area (Å²) < 4.78 is 0. The molecule has 0 aliphatic rings. The van der Waals surface area contributed by atoms with E-state index in [2.05, 4.69) is 10.3 Å². The Kier molecular flexibility index (Phi) is 4.59. The standard InChI is InChI=1S/C18H20N4O2/c1-2-22(24)11-10-20-18(23)14-8-5-7-13-16(19)12-6-3-4-9-15(12)21-17(13)14/h3-9,24H,2,10-11H2,1H3,(H2,19,21)(H,20,23). The molecule has 0 saturated heterocycles. The Morgan fingerprint density at radius 1 is 1.21 bits per heavy atom. The second kappa shape index (κ2) is 6.82. The van der Waals surface area contributed by atoms with Crippen molar-refractivity contribution in [3.63, 3.8) is 0 Å². The zero-order valence-electron chi connectivity index (χ0n) is 13.5. The Morgan fingerprint density at radius 3 is 2.75 bits per heavy atom. The van der Waals surface area contributed by atoms with Gasteiger partial charge in [0.2, 0.25) is 0 Å². The molecule has 0 saturated carbocycles. The van der Waals surface area contributed by atoms with E-state index in [4.69, 9.17) is 5.73 Å². The van der Waals surface area contributed by atoms with E-state index in [9.17, 15) is 10.0 Å². The van der Waals surface area contributed by atoms with Gasteiger partial charge in [0, 0.05) is 30.4 Å². The Balaban J connectivity index is 1.98. The minimum absolute atomic E-state index is 0.229. The van der Waals surface area contributed by atoms with Gasteiger partial charge < -0.3 is 16.3 Å². The monoisotopic (exact) mass is 324 g/mol. The van der Waals surface area contributed by atoms with E-state index in [1.807, 2.05) is 37.3 Å². The zero-order valence-corrected chi connectivity index (χ0v) is 13.5. The van der Waals surface area contributed by atoms with Gasteiger partial charge in [0.25, 0.3) is 5.91 Å². The maximum Gasteiger partial charge on any atom is 0.253 e. The molecule has 6 nitrogen and oxygen atoms in total. The average Bonchev–Trinajstić information content (AvgIpc) is 2.61. The van der Waals surface area contributed by atoms with E-state index in [-0.39, 0.29) is 5.91 Å². The predicted octanol–water partition coefficient (Wildman–Crippen LogP) is 2.41. The predicted molar refractivity (Wildman–Crippen MR) is 95.0 cm³/mol. The smallest absolute Gasteiger partial charge is 0.253 e. The molecule has 0 fully saturated rings. The second-order valence-corrected chi connectivity index (χ2v) is 5.55. The minimum atomic E-state index is -0.229. The molecule has 1 heterocycles. The number of likely N-dealkylation sites (N-methyl/N-ethyl adjacent to an activating group) is 1. The van der Waals surface area contributed by atoms with E-state index in [1.165, 1.54) is 0 Å². The number of aromatic nitrogens is 1. The maximum atomic E-state index is 12.5. The molecule has 0 spiro atoms. The van der Waals surface area contributed by atoms with E-state index in [1.54, 1.807) is 12.1 Å². The lowest BCUT2D eigenvalue weighted by molar-refractivity contribution is -0.0841. The number of carbonyl (C=O) groups excluding carboxylic acids is 1. The summed E-state index contributed by atoms with van der Waals surface area (Å²) in [4.78, 5) is 17.1. The van der Waals surface area contributed by atoms with Crippen LogP contribution in [0.3, 0.4) is 0 Å². The first kappa shape index (κ1) is 16.2. The first-order valence-corrected chi connectivity index (χ1v) is 7.90. The summed E-state index contributed by atoms with van der Waals surface area (Å²) in [5.41, 5.74) is 8.72. The van der Waals surface area contributed by atoms with Crippen molar-refractivity contribution in [2.45, 2.75) is 6.92 Å². The number of rotatable bonds is 5. The quantitative estimate of drug-likeness (QED) is 0.495. The first-order valence-electron chi connectivity index (χ1n) is 7.90. The normalized spacial score (nSPS) is 11.3. The van der Waals surface area contributed by atoms with Crippen LogP contribution in [-0.4, -0.2) is 40.8 Å². The van der Waals surface area contributed by atoms with Crippen LogP contribution in [0.4, 0.5) is 5.69 Å². The van der Waals surface area contributed by atoms with Gasteiger partial charge in [0.05, 0.1) is 22.3 Å². The number of fused-ring (bicyclic) bond motifs is 2. The van der Waals surface area contributed by atoms with Gasteiger partial charge in [-0.15, -0.1) is 0 Å². The van der Waals surface area contributed by atoms with Crippen molar-refractivity contribution in [3.05, 3.63) is 48.0 Å². The fourth-order valence-electron chi connectivity index (χ4n) is 2.68. The molecule has 1 amide bonds. The third kappa shape index (κ3) is 3.02. The molecule has 2 aromatic carbocycles. The number of pyridine rings is 1. The van der Waals surface area contributed by atoms with Gasteiger partial charge >= 0.3 is 0 Å². The number of carbonyl (C=O) groups is 1. The summed E-state index contributed by atoms with van der Waals surface area (Å²) in [6, 6.07) is 13.0. The molecule has 0 aliphatic carbocycles. The van der Waals surface area contributed by atoms with E-state index in [0.717, 1.165) is 21.4 Å². The topological polar surface area (TPSA) is 91.5 Å².